The van der Waals surface area contributed by atoms with Crippen molar-refractivity contribution in [3.8, 4) is 0 Å². The molecule has 0 bridgehead atoms. The molecule has 29 heavy (non-hydrogen) atoms. The van der Waals surface area contributed by atoms with Crippen LogP contribution in [0.3, 0.4) is 0 Å². The van der Waals surface area contributed by atoms with Gasteiger partial charge in [0.2, 0.25) is 0 Å². The van der Waals surface area contributed by atoms with Crippen LogP contribution in [0.5, 0.6) is 0 Å². The van der Waals surface area contributed by atoms with E-state index >= 15 is 0 Å². The smallest absolute Gasteiger partial charge is 0.316 e. The van der Waals surface area contributed by atoms with E-state index in [-0.39, 0.29) is 11.7 Å². The summed E-state index contributed by atoms with van der Waals surface area (Å²) in [6, 6.07) is 14.9. The number of rotatable bonds is 6. The van der Waals surface area contributed by atoms with Crippen molar-refractivity contribution in [3.05, 3.63) is 53.4 Å². The Morgan fingerprint density at radius 2 is 1.97 bits per heavy atom. The molecule has 4 aromatic rings. The summed E-state index contributed by atoms with van der Waals surface area (Å²) in [5.74, 6) is 1.35. The molecule has 1 N–H and O–H groups in total. The van der Waals surface area contributed by atoms with Gasteiger partial charge in [0.05, 0.1) is 18.2 Å². The van der Waals surface area contributed by atoms with Crippen LogP contribution in [0.1, 0.15) is 24.3 Å². The average molecular weight is 422 g/mol. The first-order valence-electron chi connectivity index (χ1n) is 9.46. The van der Waals surface area contributed by atoms with Crippen molar-refractivity contribution in [2.24, 2.45) is 0 Å². The van der Waals surface area contributed by atoms with Crippen molar-refractivity contribution >= 4 is 61.6 Å². The number of nitrogens with zero attached hydrogens (tertiary/aromatic N) is 2. The first kappa shape index (κ1) is 18.4. The highest BCUT2D eigenvalue weighted by Crippen LogP contribution is 2.44. The fraction of sp³-hybridized carbons (Fsp3) is 0.227. The van der Waals surface area contributed by atoms with Gasteiger partial charge in [0.1, 0.15) is 10.6 Å². The standard InChI is InChI=1S/C22H19N3O2S2/c1-27-19(26)12-29-22-24-20(17-10-11-28-21(17)25-22)23-18-9-8-14(13-6-7-13)15-4-2-3-5-16(15)18/h2-5,8-11,13H,6-7,12H2,1H3,(H,23,24,25). The molecule has 5 nitrogen and oxygen atoms in total. The Kier molecular flexibility index (Phi) is 4.85. The molecule has 0 unspecified atom stereocenters. The summed E-state index contributed by atoms with van der Waals surface area (Å²) in [4.78, 5) is 21.7. The van der Waals surface area contributed by atoms with E-state index in [4.69, 9.17) is 9.72 Å². The lowest BCUT2D eigenvalue weighted by molar-refractivity contribution is -0.137. The van der Waals surface area contributed by atoms with Gasteiger partial charge in [-0.15, -0.1) is 11.3 Å². The van der Waals surface area contributed by atoms with Crippen LogP contribution >= 0.6 is 23.1 Å². The second-order valence-corrected chi connectivity index (χ2v) is 8.84. The number of carbonyl (C=O) groups is 1. The van der Waals surface area contributed by atoms with Crippen LogP contribution < -0.4 is 5.32 Å². The van der Waals surface area contributed by atoms with Gasteiger partial charge in [-0.25, -0.2) is 9.97 Å². The molecule has 146 valence electrons. The van der Waals surface area contributed by atoms with Crippen LogP contribution in [0, 0.1) is 0 Å². The van der Waals surface area contributed by atoms with Crippen molar-refractivity contribution < 1.29 is 9.53 Å². The third-order valence-corrected chi connectivity index (χ3v) is 6.71. The first-order chi connectivity index (χ1) is 14.2. The molecule has 5 rings (SSSR count). The Balaban J connectivity index is 1.54. The number of aromatic nitrogens is 2. The second kappa shape index (κ2) is 7.65. The molecule has 2 aromatic carbocycles. The SMILES string of the molecule is COC(=O)CSc1nc(Nc2ccc(C3CC3)c3ccccc23)c2ccsc2n1. The highest BCUT2D eigenvalue weighted by atomic mass is 32.2. The van der Waals surface area contributed by atoms with E-state index in [2.05, 4.69) is 46.7 Å². The normalized spacial score (nSPS) is 13.7. The number of thiophene rings is 1. The summed E-state index contributed by atoms with van der Waals surface area (Å²) in [6.45, 7) is 0. The van der Waals surface area contributed by atoms with Crippen LogP contribution in [0.15, 0.2) is 53.0 Å². The molecule has 1 aliphatic carbocycles. The van der Waals surface area contributed by atoms with Gasteiger partial charge in [0.15, 0.2) is 5.16 Å². The van der Waals surface area contributed by atoms with Crippen LogP contribution in [0.4, 0.5) is 11.5 Å². The molecule has 7 heteroatoms. The topological polar surface area (TPSA) is 64.1 Å². The predicted octanol–water partition coefficient (Wildman–Crippen LogP) is 5.73. The van der Waals surface area contributed by atoms with Gasteiger partial charge in [-0.3, -0.25) is 4.79 Å². The maximum atomic E-state index is 11.5. The van der Waals surface area contributed by atoms with Crippen molar-refractivity contribution in [1.82, 2.24) is 9.97 Å². The second-order valence-electron chi connectivity index (χ2n) is 7.01. The summed E-state index contributed by atoms with van der Waals surface area (Å²) in [6.07, 6.45) is 2.55. The molecule has 1 saturated carbocycles. The van der Waals surface area contributed by atoms with Gasteiger partial charge < -0.3 is 10.1 Å². The summed E-state index contributed by atoms with van der Waals surface area (Å²) < 4.78 is 4.73. The van der Waals surface area contributed by atoms with Crippen LogP contribution in [0.25, 0.3) is 21.0 Å². The fourth-order valence-corrected chi connectivity index (χ4v) is 4.99. The van der Waals surface area contributed by atoms with Gasteiger partial charge in [0, 0.05) is 11.1 Å². The van der Waals surface area contributed by atoms with Crippen molar-refractivity contribution in [1.29, 1.82) is 0 Å². The molecule has 0 spiro atoms. The molecule has 0 atom stereocenters. The monoisotopic (exact) mass is 421 g/mol. The van der Waals surface area contributed by atoms with Gasteiger partial charge in [-0.1, -0.05) is 42.1 Å². The minimum Gasteiger partial charge on any atom is -0.468 e. The highest BCUT2D eigenvalue weighted by molar-refractivity contribution is 7.99. The van der Waals surface area contributed by atoms with Crippen molar-refractivity contribution in [2.45, 2.75) is 23.9 Å². The number of thioether (sulfide) groups is 1. The van der Waals surface area contributed by atoms with Crippen molar-refractivity contribution in [3.63, 3.8) is 0 Å². The van der Waals surface area contributed by atoms with E-state index in [1.165, 1.54) is 48.0 Å². The maximum absolute atomic E-state index is 11.5. The third kappa shape index (κ3) is 3.68. The number of anilines is 2. The van der Waals surface area contributed by atoms with Gasteiger partial charge in [-0.05, 0) is 47.2 Å². The molecule has 0 radical (unpaired) electrons. The van der Waals surface area contributed by atoms with E-state index in [0.717, 1.165) is 21.7 Å². The number of carbonyl (C=O) groups excluding carboxylic acids is 1. The number of esters is 1. The summed E-state index contributed by atoms with van der Waals surface area (Å²) >= 11 is 2.85. The largest absolute Gasteiger partial charge is 0.468 e. The average Bonchev–Trinajstić information content (AvgIpc) is 3.48. The van der Waals surface area contributed by atoms with Gasteiger partial charge >= 0.3 is 5.97 Å². The summed E-state index contributed by atoms with van der Waals surface area (Å²) in [5, 5.41) is 9.58. The van der Waals surface area contributed by atoms with E-state index < -0.39 is 0 Å². The molecule has 1 aliphatic rings. The molecule has 2 heterocycles. The van der Waals surface area contributed by atoms with Crippen LogP contribution in [-0.2, 0) is 9.53 Å². The van der Waals surface area contributed by atoms with Crippen LogP contribution in [0.2, 0.25) is 0 Å². The molecule has 0 amide bonds. The minimum absolute atomic E-state index is 0.186. The molecule has 0 aliphatic heterocycles. The number of benzene rings is 2. The highest BCUT2D eigenvalue weighted by Gasteiger charge is 2.25. The zero-order chi connectivity index (χ0) is 19.8. The quantitative estimate of drug-likeness (QED) is 0.244. The lowest BCUT2D eigenvalue weighted by Crippen LogP contribution is -2.04. The zero-order valence-corrected chi connectivity index (χ0v) is 17.5. The zero-order valence-electron chi connectivity index (χ0n) is 15.8. The Labute approximate surface area is 176 Å². The van der Waals surface area contributed by atoms with E-state index in [1.807, 2.05) is 11.4 Å². The minimum atomic E-state index is -0.291. The summed E-state index contributed by atoms with van der Waals surface area (Å²) in [7, 11) is 1.38. The lowest BCUT2D eigenvalue weighted by atomic mass is 9.99. The number of hydrogen-bond acceptors (Lipinski definition) is 7. The summed E-state index contributed by atoms with van der Waals surface area (Å²) in [5.41, 5.74) is 2.46. The van der Waals surface area contributed by atoms with E-state index in [1.54, 1.807) is 11.3 Å². The Hall–Kier alpha value is -2.64. The number of fused-ring (bicyclic) bond motifs is 2. The Morgan fingerprint density at radius 1 is 1.14 bits per heavy atom. The molecule has 0 saturated heterocycles. The fourth-order valence-electron chi connectivity index (χ4n) is 3.49. The number of nitrogens with one attached hydrogen (secondary N) is 1. The molecule has 1 fully saturated rings. The molecular formula is C22H19N3O2S2. The lowest BCUT2D eigenvalue weighted by Gasteiger charge is -2.13. The van der Waals surface area contributed by atoms with Crippen molar-refractivity contribution in [2.75, 3.05) is 18.2 Å². The van der Waals surface area contributed by atoms with Gasteiger partial charge in [-0.2, -0.15) is 0 Å². The maximum Gasteiger partial charge on any atom is 0.316 e. The third-order valence-electron chi connectivity index (χ3n) is 5.08. The first-order valence-corrected chi connectivity index (χ1v) is 11.3. The van der Waals surface area contributed by atoms with E-state index in [0.29, 0.717) is 11.1 Å². The Bertz CT molecular complexity index is 1220. The van der Waals surface area contributed by atoms with E-state index in [9.17, 15) is 4.79 Å². The number of hydrogen-bond donors (Lipinski definition) is 1. The number of ether oxygens (including phenoxy) is 1. The van der Waals surface area contributed by atoms with Gasteiger partial charge in [0.25, 0.3) is 0 Å². The predicted molar refractivity (Wildman–Crippen MR) is 119 cm³/mol. The molecule has 2 aromatic heterocycles. The number of methoxy groups -OCH3 is 1. The van der Waals surface area contributed by atoms with Crippen LogP contribution in [-0.4, -0.2) is 28.8 Å². The Morgan fingerprint density at radius 3 is 2.76 bits per heavy atom. The molecular weight excluding hydrogens is 402 g/mol.